The molecule has 1 aliphatic rings. The number of hydrogen-bond acceptors (Lipinski definition) is 3. The maximum atomic E-state index is 12.1. The minimum Gasteiger partial charge on any atom is -0.486 e. The molecule has 0 radical (unpaired) electrons. The van der Waals surface area contributed by atoms with E-state index < -0.39 is 0 Å². The molecule has 0 bridgehead atoms. The van der Waals surface area contributed by atoms with Gasteiger partial charge in [-0.05, 0) is 36.6 Å². The van der Waals surface area contributed by atoms with E-state index in [4.69, 9.17) is 9.47 Å². The largest absolute Gasteiger partial charge is 0.486 e. The van der Waals surface area contributed by atoms with Crippen molar-refractivity contribution in [2.45, 2.75) is 25.4 Å². The standard InChI is InChI=1S/C21H22N2O3/c24-21(11-5-6-15-12-22-18-8-2-1-7-17(15)18)23-13-16-14-25-19-9-3-4-10-20(19)26-16/h1-4,7-10,12,16,22H,5-6,11,13-14H2,(H,23,24)/t16-/m1/s1. The minimum atomic E-state index is -0.150. The zero-order chi connectivity index (χ0) is 17.8. The highest BCUT2D eigenvalue weighted by atomic mass is 16.6. The lowest BCUT2D eigenvalue weighted by atomic mass is 10.1. The van der Waals surface area contributed by atoms with Crippen LogP contribution in [0.15, 0.2) is 54.7 Å². The molecule has 1 aromatic heterocycles. The Balaban J connectivity index is 1.21. The molecule has 2 aromatic carbocycles. The highest BCUT2D eigenvalue weighted by Gasteiger charge is 2.20. The molecule has 0 saturated carbocycles. The maximum absolute atomic E-state index is 12.1. The number of ether oxygens (including phenoxy) is 2. The second-order valence-electron chi connectivity index (χ2n) is 6.51. The molecule has 0 fully saturated rings. The molecule has 0 unspecified atom stereocenters. The van der Waals surface area contributed by atoms with Crippen LogP contribution in [0.3, 0.4) is 0 Å². The van der Waals surface area contributed by atoms with Gasteiger partial charge in [0, 0.05) is 23.5 Å². The summed E-state index contributed by atoms with van der Waals surface area (Å²) in [6, 6.07) is 15.8. The zero-order valence-electron chi connectivity index (χ0n) is 14.5. The van der Waals surface area contributed by atoms with Crippen molar-refractivity contribution in [3.63, 3.8) is 0 Å². The fraction of sp³-hybridized carbons (Fsp3) is 0.286. The summed E-state index contributed by atoms with van der Waals surface area (Å²) in [7, 11) is 0. The number of H-pyrrole nitrogens is 1. The van der Waals surface area contributed by atoms with E-state index in [1.807, 2.05) is 42.6 Å². The first-order chi connectivity index (χ1) is 12.8. The summed E-state index contributed by atoms with van der Waals surface area (Å²) < 4.78 is 11.5. The van der Waals surface area contributed by atoms with Gasteiger partial charge in [-0.15, -0.1) is 0 Å². The van der Waals surface area contributed by atoms with E-state index in [0.29, 0.717) is 19.6 Å². The number of aromatic amines is 1. The molecule has 0 saturated heterocycles. The third kappa shape index (κ3) is 3.67. The Kier molecular flexibility index (Phi) is 4.78. The quantitative estimate of drug-likeness (QED) is 0.716. The minimum absolute atomic E-state index is 0.0484. The normalized spacial score (nSPS) is 15.8. The first kappa shape index (κ1) is 16.5. The number of carbonyl (C=O) groups is 1. The number of fused-ring (bicyclic) bond motifs is 2. The molecule has 26 heavy (non-hydrogen) atoms. The maximum Gasteiger partial charge on any atom is 0.220 e. The lowest BCUT2D eigenvalue weighted by Gasteiger charge is -2.26. The summed E-state index contributed by atoms with van der Waals surface area (Å²) in [6.07, 6.45) is 4.09. The predicted molar refractivity (Wildman–Crippen MR) is 101 cm³/mol. The molecule has 3 aromatic rings. The molecule has 2 N–H and O–H groups in total. The number of aryl methyl sites for hydroxylation is 1. The van der Waals surface area contributed by atoms with Crippen LogP contribution in [-0.2, 0) is 11.2 Å². The molecular weight excluding hydrogens is 328 g/mol. The van der Waals surface area contributed by atoms with Crippen molar-refractivity contribution in [1.82, 2.24) is 10.3 Å². The Labute approximate surface area is 152 Å². The van der Waals surface area contributed by atoms with E-state index >= 15 is 0 Å². The number of rotatable bonds is 6. The van der Waals surface area contributed by atoms with Gasteiger partial charge in [0.25, 0.3) is 0 Å². The highest BCUT2D eigenvalue weighted by molar-refractivity contribution is 5.83. The highest BCUT2D eigenvalue weighted by Crippen LogP contribution is 2.30. The second kappa shape index (κ2) is 7.52. The van der Waals surface area contributed by atoms with E-state index in [9.17, 15) is 4.79 Å². The van der Waals surface area contributed by atoms with Gasteiger partial charge in [0.05, 0.1) is 6.54 Å². The molecule has 134 valence electrons. The molecule has 0 spiro atoms. The number of amides is 1. The lowest BCUT2D eigenvalue weighted by Crippen LogP contribution is -2.40. The number of benzene rings is 2. The third-order valence-corrected chi connectivity index (χ3v) is 4.62. The van der Waals surface area contributed by atoms with Crippen molar-refractivity contribution in [1.29, 1.82) is 0 Å². The van der Waals surface area contributed by atoms with Crippen LogP contribution in [0.5, 0.6) is 11.5 Å². The van der Waals surface area contributed by atoms with Gasteiger partial charge in [-0.3, -0.25) is 4.79 Å². The van der Waals surface area contributed by atoms with Crippen molar-refractivity contribution >= 4 is 16.8 Å². The zero-order valence-corrected chi connectivity index (χ0v) is 14.5. The predicted octanol–water partition coefficient (Wildman–Crippen LogP) is 3.45. The van der Waals surface area contributed by atoms with Crippen LogP contribution in [0, 0.1) is 0 Å². The van der Waals surface area contributed by atoms with E-state index in [2.05, 4.69) is 22.4 Å². The van der Waals surface area contributed by atoms with Crippen LogP contribution >= 0.6 is 0 Å². The first-order valence-electron chi connectivity index (χ1n) is 9.00. The number of para-hydroxylation sites is 3. The fourth-order valence-electron chi connectivity index (χ4n) is 3.26. The Bertz CT molecular complexity index is 903. The van der Waals surface area contributed by atoms with Crippen LogP contribution < -0.4 is 14.8 Å². The molecule has 5 heteroatoms. The summed E-state index contributed by atoms with van der Waals surface area (Å²) in [4.78, 5) is 15.4. The Hall–Kier alpha value is -2.95. The summed E-state index contributed by atoms with van der Waals surface area (Å²) in [6.45, 7) is 0.910. The molecule has 0 aliphatic carbocycles. The smallest absolute Gasteiger partial charge is 0.220 e. The Morgan fingerprint density at radius 1 is 1.12 bits per heavy atom. The SMILES string of the molecule is O=C(CCCc1c[nH]c2ccccc12)NC[C@@H]1COc2ccccc2O1. The average molecular weight is 350 g/mol. The molecule has 4 rings (SSSR count). The van der Waals surface area contributed by atoms with Crippen molar-refractivity contribution < 1.29 is 14.3 Å². The van der Waals surface area contributed by atoms with Gasteiger partial charge >= 0.3 is 0 Å². The third-order valence-electron chi connectivity index (χ3n) is 4.62. The van der Waals surface area contributed by atoms with Gasteiger partial charge in [0.2, 0.25) is 5.91 Å². The molecule has 2 heterocycles. The van der Waals surface area contributed by atoms with Crippen molar-refractivity contribution in [2.75, 3.05) is 13.2 Å². The summed E-state index contributed by atoms with van der Waals surface area (Å²) in [5, 5.41) is 4.18. The van der Waals surface area contributed by atoms with Gasteiger partial charge in [-0.2, -0.15) is 0 Å². The topological polar surface area (TPSA) is 63.4 Å². The van der Waals surface area contributed by atoms with E-state index in [1.54, 1.807) is 0 Å². The molecule has 1 amide bonds. The fourth-order valence-corrected chi connectivity index (χ4v) is 3.26. The van der Waals surface area contributed by atoms with Crippen LogP contribution in [0.1, 0.15) is 18.4 Å². The number of aromatic nitrogens is 1. The average Bonchev–Trinajstić information content (AvgIpc) is 3.09. The monoisotopic (exact) mass is 350 g/mol. The van der Waals surface area contributed by atoms with Crippen LogP contribution in [0.25, 0.3) is 10.9 Å². The number of hydrogen-bond donors (Lipinski definition) is 2. The number of carbonyl (C=O) groups excluding carboxylic acids is 1. The van der Waals surface area contributed by atoms with Gasteiger partial charge < -0.3 is 19.8 Å². The van der Waals surface area contributed by atoms with E-state index in [0.717, 1.165) is 29.9 Å². The Morgan fingerprint density at radius 3 is 2.85 bits per heavy atom. The van der Waals surface area contributed by atoms with Gasteiger partial charge in [-0.1, -0.05) is 30.3 Å². The summed E-state index contributed by atoms with van der Waals surface area (Å²) >= 11 is 0. The molecule has 1 atom stereocenters. The van der Waals surface area contributed by atoms with Crippen LogP contribution in [-0.4, -0.2) is 30.1 Å². The first-order valence-corrected chi connectivity index (χ1v) is 9.00. The molecule has 5 nitrogen and oxygen atoms in total. The van der Waals surface area contributed by atoms with E-state index in [1.165, 1.54) is 10.9 Å². The van der Waals surface area contributed by atoms with Gasteiger partial charge in [0.15, 0.2) is 11.5 Å². The number of nitrogens with one attached hydrogen (secondary N) is 2. The van der Waals surface area contributed by atoms with E-state index in [-0.39, 0.29) is 12.0 Å². The van der Waals surface area contributed by atoms with Crippen molar-refractivity contribution in [3.8, 4) is 11.5 Å². The lowest BCUT2D eigenvalue weighted by molar-refractivity contribution is -0.121. The van der Waals surface area contributed by atoms with Crippen LogP contribution in [0.4, 0.5) is 0 Å². The Morgan fingerprint density at radius 2 is 1.92 bits per heavy atom. The summed E-state index contributed by atoms with van der Waals surface area (Å²) in [5.74, 6) is 1.54. The molecular formula is C21H22N2O3. The van der Waals surface area contributed by atoms with Crippen LogP contribution in [0.2, 0.25) is 0 Å². The second-order valence-corrected chi connectivity index (χ2v) is 6.51. The van der Waals surface area contributed by atoms with Crippen molar-refractivity contribution in [3.05, 3.63) is 60.3 Å². The summed E-state index contributed by atoms with van der Waals surface area (Å²) in [5.41, 5.74) is 2.40. The molecule has 1 aliphatic heterocycles. The van der Waals surface area contributed by atoms with Gasteiger partial charge in [0.1, 0.15) is 12.7 Å². The van der Waals surface area contributed by atoms with Gasteiger partial charge in [-0.25, -0.2) is 0 Å². The van der Waals surface area contributed by atoms with Crippen molar-refractivity contribution in [2.24, 2.45) is 0 Å².